The number of halogens is 1. The average Bonchev–Trinajstić information content (AvgIpc) is 2.25. The van der Waals surface area contributed by atoms with Crippen molar-refractivity contribution in [3.8, 4) is 0 Å². The molecule has 0 bridgehead atoms. The SMILES string of the molecule is CSC(C)CNC(=O)c1ccc(F)cc1C. The van der Waals surface area contributed by atoms with Gasteiger partial charge in [-0.05, 0) is 36.9 Å². The van der Waals surface area contributed by atoms with Crippen molar-refractivity contribution in [3.63, 3.8) is 0 Å². The van der Waals surface area contributed by atoms with Gasteiger partial charge in [-0.1, -0.05) is 6.92 Å². The Balaban J connectivity index is 2.66. The van der Waals surface area contributed by atoms with Gasteiger partial charge < -0.3 is 5.32 Å². The molecule has 0 aliphatic carbocycles. The van der Waals surface area contributed by atoms with E-state index in [1.807, 2.05) is 13.2 Å². The molecule has 0 saturated heterocycles. The summed E-state index contributed by atoms with van der Waals surface area (Å²) in [5.74, 6) is -0.454. The Morgan fingerprint density at radius 1 is 1.56 bits per heavy atom. The zero-order valence-electron chi connectivity index (χ0n) is 9.71. The predicted octanol–water partition coefficient (Wildman–Crippen LogP) is 2.62. The number of benzene rings is 1. The largest absolute Gasteiger partial charge is 0.351 e. The third-order valence-corrected chi connectivity index (χ3v) is 3.36. The number of carbonyl (C=O) groups excluding carboxylic acids is 1. The summed E-state index contributed by atoms with van der Waals surface area (Å²) >= 11 is 1.69. The van der Waals surface area contributed by atoms with Gasteiger partial charge in [0.15, 0.2) is 0 Å². The highest BCUT2D eigenvalue weighted by Crippen LogP contribution is 2.10. The lowest BCUT2D eigenvalue weighted by molar-refractivity contribution is 0.0953. The van der Waals surface area contributed by atoms with E-state index in [2.05, 4.69) is 5.32 Å². The summed E-state index contributed by atoms with van der Waals surface area (Å²) in [5, 5.41) is 3.21. The molecule has 0 radical (unpaired) electrons. The number of carbonyl (C=O) groups is 1. The van der Waals surface area contributed by atoms with Crippen LogP contribution in [0.4, 0.5) is 4.39 Å². The van der Waals surface area contributed by atoms with Crippen molar-refractivity contribution in [3.05, 3.63) is 35.1 Å². The molecule has 1 unspecified atom stereocenters. The van der Waals surface area contributed by atoms with Gasteiger partial charge in [0.05, 0.1) is 0 Å². The van der Waals surface area contributed by atoms with Crippen LogP contribution in [0, 0.1) is 12.7 Å². The van der Waals surface area contributed by atoms with Gasteiger partial charge in [-0.25, -0.2) is 4.39 Å². The van der Waals surface area contributed by atoms with E-state index in [-0.39, 0.29) is 11.7 Å². The standard InChI is InChI=1S/C12H16FNOS/c1-8-6-10(13)4-5-11(8)12(15)14-7-9(2)16-3/h4-6,9H,7H2,1-3H3,(H,14,15). The molecule has 0 aromatic heterocycles. The number of nitrogens with one attached hydrogen (secondary N) is 1. The average molecular weight is 241 g/mol. The quantitative estimate of drug-likeness (QED) is 0.878. The van der Waals surface area contributed by atoms with Crippen molar-refractivity contribution < 1.29 is 9.18 Å². The lowest BCUT2D eigenvalue weighted by Gasteiger charge is -2.11. The molecule has 2 nitrogen and oxygen atoms in total. The summed E-state index contributed by atoms with van der Waals surface area (Å²) < 4.78 is 12.8. The minimum atomic E-state index is -0.313. The van der Waals surface area contributed by atoms with Crippen LogP contribution in [-0.4, -0.2) is 24.0 Å². The number of hydrogen-bond donors (Lipinski definition) is 1. The molecule has 0 aliphatic heterocycles. The Morgan fingerprint density at radius 3 is 2.81 bits per heavy atom. The van der Waals surface area contributed by atoms with E-state index in [1.54, 1.807) is 18.7 Å². The first kappa shape index (κ1) is 13.0. The fourth-order valence-corrected chi connectivity index (χ4v) is 1.55. The Kier molecular flexibility index (Phi) is 4.80. The summed E-state index contributed by atoms with van der Waals surface area (Å²) in [6.45, 7) is 4.40. The molecule has 1 atom stereocenters. The van der Waals surface area contributed by atoms with Crippen LogP contribution in [0.3, 0.4) is 0 Å². The van der Waals surface area contributed by atoms with Gasteiger partial charge in [0, 0.05) is 17.4 Å². The lowest BCUT2D eigenvalue weighted by atomic mass is 10.1. The second kappa shape index (κ2) is 5.89. The van der Waals surface area contributed by atoms with E-state index in [0.29, 0.717) is 22.9 Å². The molecule has 0 spiro atoms. The molecule has 0 saturated carbocycles. The van der Waals surface area contributed by atoms with Crippen LogP contribution >= 0.6 is 11.8 Å². The molecule has 88 valence electrons. The van der Waals surface area contributed by atoms with E-state index in [0.717, 1.165) is 0 Å². The predicted molar refractivity (Wildman–Crippen MR) is 66.4 cm³/mol. The van der Waals surface area contributed by atoms with Gasteiger partial charge in [0.2, 0.25) is 0 Å². The number of hydrogen-bond acceptors (Lipinski definition) is 2. The van der Waals surface area contributed by atoms with Gasteiger partial charge in [-0.3, -0.25) is 4.79 Å². The molecular weight excluding hydrogens is 225 g/mol. The molecule has 1 amide bonds. The van der Waals surface area contributed by atoms with Crippen molar-refractivity contribution in [2.45, 2.75) is 19.1 Å². The summed E-state index contributed by atoms with van der Waals surface area (Å²) in [5.41, 5.74) is 1.20. The second-order valence-electron chi connectivity index (χ2n) is 3.72. The molecule has 0 aliphatic rings. The number of thioether (sulfide) groups is 1. The lowest BCUT2D eigenvalue weighted by Crippen LogP contribution is -2.29. The third kappa shape index (κ3) is 3.52. The third-order valence-electron chi connectivity index (χ3n) is 2.39. The summed E-state index contributed by atoms with van der Waals surface area (Å²) in [6, 6.07) is 4.19. The Morgan fingerprint density at radius 2 is 2.25 bits per heavy atom. The molecule has 1 rings (SSSR count). The topological polar surface area (TPSA) is 29.1 Å². The van der Waals surface area contributed by atoms with Gasteiger partial charge in [-0.2, -0.15) is 11.8 Å². The molecule has 0 heterocycles. The fourth-order valence-electron chi connectivity index (χ4n) is 1.30. The van der Waals surface area contributed by atoms with Crippen LogP contribution in [-0.2, 0) is 0 Å². The first-order chi connectivity index (χ1) is 7.54. The van der Waals surface area contributed by atoms with Crippen LogP contribution in [0.15, 0.2) is 18.2 Å². The van der Waals surface area contributed by atoms with Crippen molar-refractivity contribution >= 4 is 17.7 Å². The molecule has 1 aromatic carbocycles. The van der Waals surface area contributed by atoms with Gasteiger partial charge >= 0.3 is 0 Å². The number of aryl methyl sites for hydroxylation is 1. The van der Waals surface area contributed by atoms with E-state index in [1.165, 1.54) is 18.2 Å². The molecular formula is C12H16FNOS. The van der Waals surface area contributed by atoms with Crippen molar-refractivity contribution in [1.82, 2.24) is 5.32 Å². The molecule has 1 aromatic rings. The Bertz CT molecular complexity index is 381. The Hall–Kier alpha value is -1.03. The first-order valence-corrected chi connectivity index (χ1v) is 6.40. The monoisotopic (exact) mass is 241 g/mol. The van der Waals surface area contributed by atoms with Crippen LogP contribution in [0.25, 0.3) is 0 Å². The highest BCUT2D eigenvalue weighted by molar-refractivity contribution is 7.99. The van der Waals surface area contributed by atoms with E-state index in [4.69, 9.17) is 0 Å². The number of amides is 1. The maximum Gasteiger partial charge on any atom is 0.251 e. The summed E-state index contributed by atoms with van der Waals surface area (Å²) in [7, 11) is 0. The van der Waals surface area contributed by atoms with Gasteiger partial charge in [0.1, 0.15) is 5.82 Å². The first-order valence-electron chi connectivity index (χ1n) is 5.11. The smallest absolute Gasteiger partial charge is 0.251 e. The van der Waals surface area contributed by atoms with Crippen molar-refractivity contribution in [2.24, 2.45) is 0 Å². The highest BCUT2D eigenvalue weighted by Gasteiger charge is 2.10. The molecule has 1 N–H and O–H groups in total. The molecule has 4 heteroatoms. The number of rotatable bonds is 4. The van der Waals surface area contributed by atoms with Crippen LogP contribution < -0.4 is 5.32 Å². The minimum Gasteiger partial charge on any atom is -0.351 e. The normalized spacial score (nSPS) is 12.2. The van der Waals surface area contributed by atoms with Crippen molar-refractivity contribution in [1.29, 1.82) is 0 Å². The zero-order chi connectivity index (χ0) is 12.1. The second-order valence-corrected chi connectivity index (χ2v) is 4.99. The minimum absolute atomic E-state index is 0.140. The van der Waals surface area contributed by atoms with Crippen LogP contribution in [0.1, 0.15) is 22.8 Å². The fraction of sp³-hybridized carbons (Fsp3) is 0.417. The van der Waals surface area contributed by atoms with E-state index >= 15 is 0 Å². The maximum absolute atomic E-state index is 12.8. The van der Waals surface area contributed by atoms with Crippen LogP contribution in [0.2, 0.25) is 0 Å². The maximum atomic E-state index is 12.8. The van der Waals surface area contributed by atoms with E-state index < -0.39 is 0 Å². The summed E-state index contributed by atoms with van der Waals surface area (Å²) in [4.78, 5) is 11.8. The van der Waals surface area contributed by atoms with E-state index in [9.17, 15) is 9.18 Å². The molecule has 0 fully saturated rings. The molecule has 16 heavy (non-hydrogen) atoms. The van der Waals surface area contributed by atoms with Crippen LogP contribution in [0.5, 0.6) is 0 Å². The van der Waals surface area contributed by atoms with Crippen molar-refractivity contribution in [2.75, 3.05) is 12.8 Å². The summed E-state index contributed by atoms with van der Waals surface area (Å²) in [6.07, 6.45) is 2.00. The zero-order valence-corrected chi connectivity index (χ0v) is 10.5. The van der Waals surface area contributed by atoms with Gasteiger partial charge in [0.25, 0.3) is 5.91 Å². The van der Waals surface area contributed by atoms with Gasteiger partial charge in [-0.15, -0.1) is 0 Å². The highest BCUT2D eigenvalue weighted by atomic mass is 32.2. The Labute approximate surface area is 99.6 Å².